The molecule has 0 saturated heterocycles. The first-order valence-electron chi connectivity index (χ1n) is 6.45. The molecule has 1 aromatic rings. The highest BCUT2D eigenvalue weighted by molar-refractivity contribution is 5.37. The van der Waals surface area contributed by atoms with Gasteiger partial charge in [-0.2, -0.15) is 13.2 Å². The highest BCUT2D eigenvalue weighted by Crippen LogP contribution is 2.28. The number of aliphatic hydroxyl groups excluding tert-OH is 1. The maximum absolute atomic E-state index is 12.4. The molecule has 0 spiro atoms. The Kier molecular flexibility index (Phi) is 7.23. The molecule has 0 amide bonds. The van der Waals surface area contributed by atoms with Gasteiger partial charge in [0, 0.05) is 25.8 Å². The van der Waals surface area contributed by atoms with E-state index in [1.807, 2.05) is 4.90 Å². The van der Waals surface area contributed by atoms with Gasteiger partial charge in [0.25, 0.3) is 0 Å². The maximum atomic E-state index is 12.4. The molecule has 1 aromatic carbocycles. The highest BCUT2D eigenvalue weighted by Gasteiger charge is 2.29. The van der Waals surface area contributed by atoms with Crippen molar-refractivity contribution in [2.45, 2.75) is 6.18 Å². The van der Waals surface area contributed by atoms with Crippen LogP contribution >= 0.6 is 0 Å². The molecule has 0 aromatic heterocycles. The quantitative estimate of drug-likeness (QED) is 0.816. The van der Waals surface area contributed by atoms with Crippen LogP contribution in [0.25, 0.3) is 0 Å². The second-order valence-electron chi connectivity index (χ2n) is 4.37. The van der Waals surface area contributed by atoms with E-state index in [4.69, 9.17) is 9.84 Å². The number of nitrogens with zero attached hydrogens (tertiary/aromatic N) is 1. The van der Waals surface area contributed by atoms with E-state index >= 15 is 0 Å². The average molecular weight is 301 g/mol. The first-order valence-corrected chi connectivity index (χ1v) is 6.45. The van der Waals surface area contributed by atoms with Crippen molar-refractivity contribution in [2.24, 2.45) is 0 Å². The Morgan fingerprint density at radius 3 is 2.38 bits per heavy atom. The van der Waals surface area contributed by atoms with Crippen LogP contribution in [0.2, 0.25) is 0 Å². The van der Waals surface area contributed by atoms with Crippen LogP contribution in [-0.4, -0.2) is 50.0 Å². The van der Waals surface area contributed by atoms with Gasteiger partial charge in [0.2, 0.25) is 0 Å². The lowest BCUT2D eigenvalue weighted by Gasteiger charge is -2.17. The Hall–Kier alpha value is -1.55. The van der Waals surface area contributed by atoms with Crippen molar-refractivity contribution < 1.29 is 23.0 Å². The Bertz CT molecular complexity index is 474. The van der Waals surface area contributed by atoms with Gasteiger partial charge < -0.3 is 9.84 Å². The normalized spacial score (nSPS) is 11.3. The van der Waals surface area contributed by atoms with Crippen LogP contribution in [0.4, 0.5) is 13.2 Å². The van der Waals surface area contributed by atoms with Crippen LogP contribution in [0, 0.1) is 11.8 Å². The molecule has 0 aliphatic heterocycles. The zero-order valence-electron chi connectivity index (χ0n) is 11.8. The number of hydrogen-bond donors (Lipinski definition) is 1. The molecule has 0 heterocycles. The fraction of sp³-hybridized carbons (Fsp3) is 0.467. The number of aliphatic hydroxyl groups is 1. The minimum atomic E-state index is -4.33. The van der Waals surface area contributed by atoms with Crippen molar-refractivity contribution in [3.05, 3.63) is 35.4 Å². The first-order chi connectivity index (χ1) is 9.97. The van der Waals surface area contributed by atoms with E-state index in [1.165, 1.54) is 12.1 Å². The minimum absolute atomic E-state index is 0.0195. The molecule has 1 rings (SSSR count). The molecule has 0 bridgehead atoms. The molecular weight excluding hydrogens is 283 g/mol. The van der Waals surface area contributed by atoms with Crippen molar-refractivity contribution in [1.82, 2.24) is 4.90 Å². The molecule has 3 nitrogen and oxygen atoms in total. The molecule has 0 fully saturated rings. The summed E-state index contributed by atoms with van der Waals surface area (Å²) in [6.07, 6.45) is -4.33. The predicted molar refractivity (Wildman–Crippen MR) is 73.7 cm³/mol. The van der Waals surface area contributed by atoms with E-state index < -0.39 is 11.7 Å². The topological polar surface area (TPSA) is 32.7 Å². The number of alkyl halides is 3. The summed E-state index contributed by atoms with van der Waals surface area (Å²) in [4.78, 5) is 1.90. The second kappa shape index (κ2) is 8.67. The first kappa shape index (κ1) is 17.5. The maximum Gasteiger partial charge on any atom is 0.416 e. The number of ether oxygens (including phenoxy) is 1. The smallest absolute Gasteiger partial charge is 0.395 e. The Balaban J connectivity index is 2.60. The van der Waals surface area contributed by atoms with Crippen molar-refractivity contribution in [1.29, 1.82) is 0 Å². The van der Waals surface area contributed by atoms with E-state index in [9.17, 15) is 13.2 Å². The summed E-state index contributed by atoms with van der Waals surface area (Å²) in [5.41, 5.74) is -0.159. The molecular formula is C15H18F3NO2. The monoisotopic (exact) mass is 301 g/mol. The fourth-order valence-corrected chi connectivity index (χ4v) is 1.63. The number of methoxy groups -OCH3 is 1. The number of halogens is 3. The van der Waals surface area contributed by atoms with Crippen LogP contribution in [0.3, 0.4) is 0 Å². The van der Waals surface area contributed by atoms with Crippen molar-refractivity contribution in [3.8, 4) is 11.8 Å². The fourth-order valence-electron chi connectivity index (χ4n) is 1.63. The van der Waals surface area contributed by atoms with Crippen LogP contribution in [-0.2, 0) is 10.9 Å². The van der Waals surface area contributed by atoms with Gasteiger partial charge in [0.1, 0.15) is 0 Å². The van der Waals surface area contributed by atoms with Gasteiger partial charge in [-0.25, -0.2) is 0 Å². The van der Waals surface area contributed by atoms with Crippen molar-refractivity contribution >= 4 is 0 Å². The highest BCUT2D eigenvalue weighted by atomic mass is 19.4. The Morgan fingerprint density at radius 2 is 1.86 bits per heavy atom. The Labute approximate surface area is 122 Å². The number of hydrogen-bond acceptors (Lipinski definition) is 3. The SMILES string of the molecule is COCCN(CC#Cc1ccc(C(F)(F)F)cc1)CCO. The predicted octanol–water partition coefficient (Wildman–Crippen LogP) is 2.00. The third-order valence-electron chi connectivity index (χ3n) is 2.78. The summed E-state index contributed by atoms with van der Waals surface area (Å²) >= 11 is 0. The largest absolute Gasteiger partial charge is 0.416 e. The summed E-state index contributed by atoms with van der Waals surface area (Å²) in [5.74, 6) is 5.69. The summed E-state index contributed by atoms with van der Waals surface area (Å²) < 4.78 is 42.2. The molecule has 21 heavy (non-hydrogen) atoms. The van der Waals surface area contributed by atoms with Crippen LogP contribution in [0.15, 0.2) is 24.3 Å². The van der Waals surface area contributed by atoms with E-state index in [1.54, 1.807) is 7.11 Å². The molecule has 6 heteroatoms. The summed E-state index contributed by atoms with van der Waals surface area (Å²) in [6.45, 7) is 2.09. The molecule has 0 radical (unpaired) electrons. The van der Waals surface area contributed by atoms with E-state index in [-0.39, 0.29) is 6.61 Å². The standard InChI is InChI=1S/C15H18F3NO2/c1-21-12-10-19(9-11-20)8-2-3-13-4-6-14(7-5-13)15(16,17)18/h4-7,20H,8-12H2,1H3. The van der Waals surface area contributed by atoms with Crippen molar-refractivity contribution in [3.63, 3.8) is 0 Å². The molecule has 0 aliphatic rings. The molecule has 0 aliphatic carbocycles. The third-order valence-corrected chi connectivity index (χ3v) is 2.78. The molecule has 116 valence electrons. The van der Waals surface area contributed by atoms with Crippen molar-refractivity contribution in [2.75, 3.05) is 40.0 Å². The zero-order chi connectivity index (χ0) is 15.7. The van der Waals surface area contributed by atoms with Gasteiger partial charge in [0.05, 0.1) is 25.3 Å². The number of rotatable bonds is 6. The minimum Gasteiger partial charge on any atom is -0.395 e. The van der Waals surface area contributed by atoms with Crippen LogP contribution in [0.1, 0.15) is 11.1 Å². The number of benzene rings is 1. The molecule has 0 atom stereocenters. The van der Waals surface area contributed by atoms with Gasteiger partial charge in [-0.15, -0.1) is 0 Å². The lowest BCUT2D eigenvalue weighted by Crippen LogP contribution is -2.30. The third kappa shape index (κ3) is 6.63. The van der Waals surface area contributed by atoms with E-state index in [2.05, 4.69) is 11.8 Å². The Morgan fingerprint density at radius 1 is 1.19 bits per heavy atom. The van der Waals surface area contributed by atoms with Crippen LogP contribution < -0.4 is 0 Å². The van der Waals surface area contributed by atoms with Gasteiger partial charge >= 0.3 is 6.18 Å². The van der Waals surface area contributed by atoms with Gasteiger partial charge in [-0.1, -0.05) is 11.8 Å². The summed E-state index contributed by atoms with van der Waals surface area (Å²) in [7, 11) is 1.59. The van der Waals surface area contributed by atoms with Gasteiger partial charge in [-0.3, -0.25) is 4.90 Å². The summed E-state index contributed by atoms with van der Waals surface area (Å²) in [6, 6.07) is 4.73. The van der Waals surface area contributed by atoms with Gasteiger partial charge in [-0.05, 0) is 24.3 Å². The van der Waals surface area contributed by atoms with Gasteiger partial charge in [0.15, 0.2) is 0 Å². The second-order valence-corrected chi connectivity index (χ2v) is 4.37. The summed E-state index contributed by atoms with van der Waals surface area (Å²) in [5, 5.41) is 8.92. The average Bonchev–Trinajstić information content (AvgIpc) is 2.44. The van der Waals surface area contributed by atoms with Crippen LogP contribution in [0.5, 0.6) is 0 Å². The zero-order valence-corrected chi connectivity index (χ0v) is 11.8. The molecule has 0 saturated carbocycles. The van der Waals surface area contributed by atoms with E-state index in [0.717, 1.165) is 12.1 Å². The lowest BCUT2D eigenvalue weighted by atomic mass is 10.1. The molecule has 1 N–H and O–H groups in total. The molecule has 0 unspecified atom stereocenters. The van der Waals surface area contributed by atoms with E-state index in [0.29, 0.717) is 31.8 Å². The lowest BCUT2D eigenvalue weighted by molar-refractivity contribution is -0.137.